The van der Waals surface area contributed by atoms with Gasteiger partial charge < -0.3 is 21.1 Å². The normalized spacial score (nSPS) is 10.1. The summed E-state index contributed by atoms with van der Waals surface area (Å²) in [4.78, 5) is 11.7. The number of rotatable bonds is 7. The number of unbranched alkanes of at least 4 members (excludes halogenated alkanes) is 1. The van der Waals surface area contributed by atoms with Crippen molar-refractivity contribution in [2.45, 2.75) is 19.3 Å². The molecule has 0 atom stereocenters. The van der Waals surface area contributed by atoms with Crippen LogP contribution in [-0.4, -0.2) is 34.0 Å². The van der Waals surface area contributed by atoms with Gasteiger partial charge in [-0.1, -0.05) is 23.9 Å². The molecule has 6 nitrogen and oxygen atoms in total. The van der Waals surface area contributed by atoms with Crippen molar-refractivity contribution in [3.05, 3.63) is 24.3 Å². The second-order valence-electron chi connectivity index (χ2n) is 4.22. The van der Waals surface area contributed by atoms with Gasteiger partial charge in [-0.3, -0.25) is 10.2 Å². The SMILES string of the molecule is N=C(N)SCCCCC(=O)Nc1cccc(B(O)O)c1. The molecule has 1 amide bonds. The van der Waals surface area contributed by atoms with Crippen LogP contribution in [0.4, 0.5) is 5.69 Å². The number of carbonyl (C=O) groups excluding carboxylic acids is 1. The van der Waals surface area contributed by atoms with Crippen molar-refractivity contribution in [1.82, 2.24) is 0 Å². The fourth-order valence-corrected chi connectivity index (χ4v) is 2.14. The van der Waals surface area contributed by atoms with Gasteiger partial charge in [0, 0.05) is 17.9 Å². The summed E-state index contributed by atoms with van der Waals surface area (Å²) < 4.78 is 0. The first kappa shape index (κ1) is 16.5. The number of amidine groups is 1. The topological polar surface area (TPSA) is 119 Å². The van der Waals surface area contributed by atoms with E-state index in [4.69, 9.17) is 21.2 Å². The van der Waals surface area contributed by atoms with Crippen molar-refractivity contribution >= 4 is 41.1 Å². The quantitative estimate of drug-likeness (QED) is 0.211. The minimum atomic E-state index is -1.55. The van der Waals surface area contributed by atoms with Crippen molar-refractivity contribution in [1.29, 1.82) is 5.41 Å². The molecule has 0 bridgehead atoms. The van der Waals surface area contributed by atoms with E-state index in [1.165, 1.54) is 17.8 Å². The molecule has 0 aliphatic carbocycles. The minimum Gasteiger partial charge on any atom is -0.423 e. The van der Waals surface area contributed by atoms with Crippen LogP contribution in [0.15, 0.2) is 24.3 Å². The van der Waals surface area contributed by atoms with Gasteiger partial charge in [0.15, 0.2) is 5.17 Å². The van der Waals surface area contributed by atoms with E-state index in [9.17, 15) is 4.79 Å². The number of nitrogens with one attached hydrogen (secondary N) is 2. The van der Waals surface area contributed by atoms with E-state index in [-0.39, 0.29) is 11.1 Å². The number of thioether (sulfide) groups is 1. The third kappa shape index (κ3) is 6.60. The average Bonchev–Trinajstić information content (AvgIpc) is 2.38. The van der Waals surface area contributed by atoms with Gasteiger partial charge in [-0.2, -0.15) is 0 Å². The number of carbonyl (C=O) groups is 1. The Bertz CT molecular complexity index is 471. The summed E-state index contributed by atoms with van der Waals surface area (Å²) in [5.41, 5.74) is 6.08. The van der Waals surface area contributed by atoms with Crippen LogP contribution >= 0.6 is 11.8 Å². The van der Waals surface area contributed by atoms with Crippen LogP contribution in [0.5, 0.6) is 0 Å². The average molecular weight is 295 g/mol. The Morgan fingerprint density at radius 3 is 2.80 bits per heavy atom. The fraction of sp³-hybridized carbons (Fsp3) is 0.333. The second-order valence-corrected chi connectivity index (χ2v) is 5.35. The summed E-state index contributed by atoms with van der Waals surface area (Å²) in [5, 5.41) is 27.9. The highest BCUT2D eigenvalue weighted by Crippen LogP contribution is 2.08. The van der Waals surface area contributed by atoms with Crippen molar-refractivity contribution in [2.24, 2.45) is 5.73 Å². The number of benzene rings is 1. The highest BCUT2D eigenvalue weighted by Gasteiger charge is 2.11. The highest BCUT2D eigenvalue weighted by atomic mass is 32.2. The minimum absolute atomic E-state index is 0.0915. The van der Waals surface area contributed by atoms with Crippen molar-refractivity contribution in [3.63, 3.8) is 0 Å². The molecule has 108 valence electrons. The maximum Gasteiger partial charge on any atom is 0.488 e. The third-order valence-corrected chi connectivity index (χ3v) is 3.33. The lowest BCUT2D eigenvalue weighted by Gasteiger charge is -2.07. The molecule has 1 aromatic rings. The molecule has 1 aromatic carbocycles. The van der Waals surface area contributed by atoms with Gasteiger partial charge in [-0.25, -0.2) is 0 Å². The largest absolute Gasteiger partial charge is 0.488 e. The molecule has 6 N–H and O–H groups in total. The maximum absolute atomic E-state index is 11.7. The summed E-state index contributed by atoms with van der Waals surface area (Å²) in [6.45, 7) is 0. The van der Waals surface area contributed by atoms with Gasteiger partial charge in [0.25, 0.3) is 0 Å². The van der Waals surface area contributed by atoms with Gasteiger partial charge in [0.2, 0.25) is 5.91 Å². The first-order valence-corrected chi connectivity index (χ1v) is 7.20. The standard InChI is InChI=1S/C12H18BN3O3S/c14-12(15)20-7-2-1-6-11(17)16-10-5-3-4-9(8-10)13(18)19/h3-5,8,18-19H,1-2,6-7H2,(H3,14,15)(H,16,17). The third-order valence-electron chi connectivity index (χ3n) is 2.52. The number of amides is 1. The lowest BCUT2D eigenvalue weighted by molar-refractivity contribution is -0.116. The molecular formula is C12H18BN3O3S. The molecule has 0 saturated carbocycles. The molecular weight excluding hydrogens is 277 g/mol. The predicted molar refractivity (Wildman–Crippen MR) is 83.1 cm³/mol. The molecule has 0 aliphatic heterocycles. The van der Waals surface area contributed by atoms with Crippen LogP contribution in [-0.2, 0) is 4.79 Å². The van der Waals surface area contributed by atoms with E-state index in [0.717, 1.165) is 12.2 Å². The van der Waals surface area contributed by atoms with Crippen LogP contribution in [0.3, 0.4) is 0 Å². The summed E-state index contributed by atoms with van der Waals surface area (Å²) in [6, 6.07) is 6.43. The highest BCUT2D eigenvalue weighted by molar-refractivity contribution is 8.13. The molecule has 0 aromatic heterocycles. The summed E-state index contributed by atoms with van der Waals surface area (Å²) in [6.07, 6.45) is 1.91. The van der Waals surface area contributed by atoms with Crippen LogP contribution in [0.1, 0.15) is 19.3 Å². The molecule has 1 rings (SSSR count). The number of hydrogen-bond donors (Lipinski definition) is 5. The van der Waals surface area contributed by atoms with Gasteiger partial charge in [0.05, 0.1) is 0 Å². The number of anilines is 1. The molecule has 0 unspecified atom stereocenters. The summed E-state index contributed by atoms with van der Waals surface area (Å²) >= 11 is 1.27. The van der Waals surface area contributed by atoms with E-state index in [1.807, 2.05) is 0 Å². The van der Waals surface area contributed by atoms with Crippen molar-refractivity contribution in [3.8, 4) is 0 Å². The monoisotopic (exact) mass is 295 g/mol. The number of hydrogen-bond acceptors (Lipinski definition) is 5. The van der Waals surface area contributed by atoms with E-state index >= 15 is 0 Å². The van der Waals surface area contributed by atoms with Crippen LogP contribution in [0, 0.1) is 5.41 Å². The Labute approximate surface area is 122 Å². The summed E-state index contributed by atoms with van der Waals surface area (Å²) in [7, 11) is -1.55. The van der Waals surface area contributed by atoms with Crippen LogP contribution in [0.25, 0.3) is 0 Å². The maximum atomic E-state index is 11.7. The second kappa shape index (κ2) is 8.62. The van der Waals surface area contributed by atoms with Gasteiger partial charge in [-0.05, 0) is 30.4 Å². The molecule has 0 fully saturated rings. The van der Waals surface area contributed by atoms with Crippen LogP contribution in [0.2, 0.25) is 0 Å². The molecule has 0 aliphatic rings. The molecule has 8 heteroatoms. The van der Waals surface area contributed by atoms with E-state index in [0.29, 0.717) is 24.0 Å². The molecule has 0 heterocycles. The van der Waals surface area contributed by atoms with Crippen molar-refractivity contribution < 1.29 is 14.8 Å². The predicted octanol–water partition coefficient (Wildman–Crippen LogP) is 0.102. The van der Waals surface area contributed by atoms with E-state index < -0.39 is 7.12 Å². The van der Waals surface area contributed by atoms with Crippen molar-refractivity contribution in [2.75, 3.05) is 11.1 Å². The lowest BCUT2D eigenvalue weighted by Crippen LogP contribution is -2.30. The number of nitrogens with two attached hydrogens (primary N) is 1. The first-order valence-electron chi connectivity index (χ1n) is 6.22. The zero-order chi connectivity index (χ0) is 15.0. The fourth-order valence-electron chi connectivity index (χ4n) is 1.57. The van der Waals surface area contributed by atoms with Gasteiger partial charge >= 0.3 is 7.12 Å². The van der Waals surface area contributed by atoms with E-state index in [1.54, 1.807) is 18.2 Å². The molecule has 0 radical (unpaired) electrons. The Balaban J connectivity index is 2.31. The molecule has 0 saturated heterocycles. The van der Waals surface area contributed by atoms with E-state index in [2.05, 4.69) is 5.32 Å². The Hall–Kier alpha value is -1.51. The van der Waals surface area contributed by atoms with Gasteiger partial charge in [0.1, 0.15) is 0 Å². The van der Waals surface area contributed by atoms with Crippen LogP contribution < -0.4 is 16.5 Å². The zero-order valence-corrected chi connectivity index (χ0v) is 11.8. The molecule has 20 heavy (non-hydrogen) atoms. The first-order chi connectivity index (χ1) is 9.49. The lowest BCUT2D eigenvalue weighted by atomic mass is 9.80. The molecule has 0 spiro atoms. The smallest absolute Gasteiger partial charge is 0.423 e. The van der Waals surface area contributed by atoms with Gasteiger partial charge in [-0.15, -0.1) is 0 Å². The Kier molecular flexibility index (Phi) is 7.14. The Morgan fingerprint density at radius 2 is 2.15 bits per heavy atom. The zero-order valence-electron chi connectivity index (χ0n) is 11.0. The summed E-state index contributed by atoms with van der Waals surface area (Å²) in [5.74, 6) is 0.608. The Morgan fingerprint density at radius 1 is 1.40 bits per heavy atom.